The van der Waals surface area contributed by atoms with E-state index in [0.717, 1.165) is 47.5 Å². The summed E-state index contributed by atoms with van der Waals surface area (Å²) in [4.78, 5) is 21.8. The molecular weight excluding hydrogens is 448 g/mol. The van der Waals surface area contributed by atoms with E-state index < -0.39 is 0 Å². The molecule has 30 heavy (non-hydrogen) atoms. The second-order valence-electron chi connectivity index (χ2n) is 7.79. The predicted molar refractivity (Wildman–Crippen MR) is 119 cm³/mol. The Bertz CT molecular complexity index is 862. The van der Waals surface area contributed by atoms with Gasteiger partial charge in [-0.2, -0.15) is 0 Å². The molecule has 0 aliphatic carbocycles. The third-order valence-corrected chi connectivity index (χ3v) is 6.56. The molecule has 1 aromatic carbocycles. The Balaban J connectivity index is 1.49. The lowest BCUT2D eigenvalue weighted by atomic mass is 9.76. The zero-order valence-electron chi connectivity index (χ0n) is 17.0. The van der Waals surface area contributed by atoms with E-state index in [1.165, 1.54) is 0 Å². The summed E-state index contributed by atoms with van der Waals surface area (Å²) in [6.45, 7) is 2.37. The van der Waals surface area contributed by atoms with Gasteiger partial charge in [-0.25, -0.2) is 4.79 Å². The normalized spacial score (nSPS) is 24.2. The van der Waals surface area contributed by atoms with Gasteiger partial charge in [0.1, 0.15) is 5.75 Å². The Hall–Kier alpha value is -2.16. The van der Waals surface area contributed by atoms with Gasteiger partial charge < -0.3 is 20.1 Å². The summed E-state index contributed by atoms with van der Waals surface area (Å²) >= 11 is 3.44. The summed E-state index contributed by atoms with van der Waals surface area (Å²) < 4.78 is 6.11. The van der Waals surface area contributed by atoms with Crippen molar-refractivity contribution < 1.29 is 14.6 Å². The fourth-order valence-electron chi connectivity index (χ4n) is 4.54. The number of aliphatic hydroxyl groups excluding tert-OH is 1. The van der Waals surface area contributed by atoms with E-state index in [2.05, 4.69) is 31.1 Å². The molecule has 2 amide bonds. The molecule has 0 bridgehead atoms. The number of anilines is 1. The molecule has 2 N–H and O–H groups in total. The Morgan fingerprint density at radius 2 is 2.00 bits per heavy atom. The second kappa shape index (κ2) is 9.32. The number of hydrogen-bond donors (Lipinski definition) is 2. The van der Waals surface area contributed by atoms with Crippen LogP contribution < -0.4 is 10.1 Å². The van der Waals surface area contributed by atoms with E-state index in [9.17, 15) is 9.90 Å². The molecule has 1 unspecified atom stereocenters. The van der Waals surface area contributed by atoms with E-state index in [-0.39, 0.29) is 30.6 Å². The van der Waals surface area contributed by atoms with Crippen molar-refractivity contribution in [2.75, 3.05) is 38.7 Å². The highest BCUT2D eigenvalue weighted by Crippen LogP contribution is 2.41. The van der Waals surface area contributed by atoms with Crippen LogP contribution in [0, 0.1) is 0 Å². The topological polar surface area (TPSA) is 77.9 Å². The van der Waals surface area contributed by atoms with Crippen molar-refractivity contribution in [3.63, 3.8) is 0 Å². The quantitative estimate of drug-likeness (QED) is 0.710. The number of rotatable bonds is 4. The molecule has 2 aliphatic heterocycles. The predicted octanol–water partition coefficient (Wildman–Crippen LogP) is 3.31. The van der Waals surface area contributed by atoms with E-state index >= 15 is 0 Å². The number of nitrogens with zero attached hydrogens (tertiary/aromatic N) is 3. The summed E-state index contributed by atoms with van der Waals surface area (Å²) in [5.74, 6) is 0.863. The van der Waals surface area contributed by atoms with Gasteiger partial charge in [0.15, 0.2) is 0 Å². The number of carbonyl (C=O) groups is 1. The molecule has 0 spiro atoms. The number of halogens is 1. The van der Waals surface area contributed by atoms with Crippen molar-refractivity contribution in [2.45, 2.75) is 30.8 Å². The zero-order chi connectivity index (χ0) is 21.1. The van der Waals surface area contributed by atoms with Crippen LogP contribution in [-0.2, 0) is 0 Å². The largest absolute Gasteiger partial charge is 0.497 e. The van der Waals surface area contributed by atoms with Crippen LogP contribution in [0.4, 0.5) is 10.5 Å². The summed E-state index contributed by atoms with van der Waals surface area (Å²) in [5.41, 5.74) is 1.71. The van der Waals surface area contributed by atoms with Crippen LogP contribution in [0.3, 0.4) is 0 Å². The number of fused-ring (bicyclic) bond motifs is 1. The van der Waals surface area contributed by atoms with Gasteiger partial charge in [0.05, 0.1) is 13.7 Å². The van der Waals surface area contributed by atoms with Gasteiger partial charge >= 0.3 is 6.03 Å². The van der Waals surface area contributed by atoms with Crippen molar-refractivity contribution in [1.29, 1.82) is 0 Å². The molecule has 2 fully saturated rings. The number of amides is 2. The number of benzene rings is 1. The van der Waals surface area contributed by atoms with Crippen LogP contribution in [0.15, 0.2) is 47.1 Å². The standard InChI is InChI=1S/C22H27BrN4O3/c1-30-17-7-5-16(6-8-17)25-22(29)26-10-2-3-11-27-19(13-26)21(20(27)14-28)18-9-4-15(23)12-24-18/h4-9,12,19-21,28H,2-3,10-11,13-14H2,1H3,(H,25,29)/t19?,20-,21-/m1/s1. The number of aromatic nitrogens is 1. The smallest absolute Gasteiger partial charge is 0.321 e. The Morgan fingerprint density at radius 1 is 1.23 bits per heavy atom. The van der Waals surface area contributed by atoms with Crippen molar-refractivity contribution in [3.05, 3.63) is 52.8 Å². The molecule has 0 radical (unpaired) electrons. The number of nitrogens with one attached hydrogen (secondary N) is 1. The fourth-order valence-corrected chi connectivity index (χ4v) is 4.77. The maximum Gasteiger partial charge on any atom is 0.321 e. The molecule has 1 aromatic heterocycles. The van der Waals surface area contributed by atoms with Crippen LogP contribution in [0.1, 0.15) is 24.5 Å². The van der Waals surface area contributed by atoms with Gasteiger partial charge in [0.25, 0.3) is 0 Å². The van der Waals surface area contributed by atoms with Crippen molar-refractivity contribution in [1.82, 2.24) is 14.8 Å². The Kier molecular flexibility index (Phi) is 6.55. The molecule has 3 heterocycles. The summed E-state index contributed by atoms with van der Waals surface area (Å²) in [7, 11) is 1.62. The first kappa shape index (κ1) is 21.1. The first-order chi connectivity index (χ1) is 14.6. The third-order valence-electron chi connectivity index (χ3n) is 6.09. The summed E-state index contributed by atoms with van der Waals surface area (Å²) in [5, 5.41) is 13.0. The van der Waals surface area contributed by atoms with Gasteiger partial charge in [-0.15, -0.1) is 0 Å². The van der Waals surface area contributed by atoms with Crippen molar-refractivity contribution in [2.24, 2.45) is 0 Å². The van der Waals surface area contributed by atoms with E-state index in [4.69, 9.17) is 4.74 Å². The molecule has 4 rings (SSSR count). The van der Waals surface area contributed by atoms with Crippen LogP contribution in [0.2, 0.25) is 0 Å². The lowest BCUT2D eigenvalue weighted by molar-refractivity contribution is -0.0599. The third kappa shape index (κ3) is 4.31. The highest BCUT2D eigenvalue weighted by atomic mass is 79.9. The second-order valence-corrected chi connectivity index (χ2v) is 8.71. The highest BCUT2D eigenvalue weighted by Gasteiger charge is 2.50. The minimum Gasteiger partial charge on any atom is -0.497 e. The highest BCUT2D eigenvalue weighted by molar-refractivity contribution is 9.10. The molecule has 0 saturated carbocycles. The monoisotopic (exact) mass is 474 g/mol. The SMILES string of the molecule is COc1ccc(NC(=O)N2CCCCN3C(C2)[C@@H](c2ccc(Br)cn2)[C@H]3CO)cc1. The lowest BCUT2D eigenvalue weighted by Crippen LogP contribution is -2.68. The maximum absolute atomic E-state index is 13.0. The number of pyridine rings is 1. The molecule has 2 aromatic rings. The maximum atomic E-state index is 13.0. The molecule has 3 atom stereocenters. The van der Waals surface area contributed by atoms with Crippen LogP contribution in [-0.4, -0.2) is 71.4 Å². The van der Waals surface area contributed by atoms with E-state index in [0.29, 0.717) is 6.54 Å². The minimum atomic E-state index is -0.100. The zero-order valence-corrected chi connectivity index (χ0v) is 18.6. The summed E-state index contributed by atoms with van der Waals surface area (Å²) in [6.07, 6.45) is 3.74. The molecule has 8 heteroatoms. The Labute approximate surface area is 185 Å². The summed E-state index contributed by atoms with van der Waals surface area (Å²) in [6, 6.07) is 11.4. The molecule has 160 valence electrons. The number of hydrogen-bond acceptors (Lipinski definition) is 5. The van der Waals surface area contributed by atoms with Gasteiger partial charge in [-0.1, -0.05) is 0 Å². The average molecular weight is 475 g/mol. The van der Waals surface area contributed by atoms with E-state index in [1.807, 2.05) is 41.3 Å². The lowest BCUT2D eigenvalue weighted by Gasteiger charge is -2.56. The van der Waals surface area contributed by atoms with Crippen molar-refractivity contribution in [3.8, 4) is 5.75 Å². The Morgan fingerprint density at radius 3 is 2.67 bits per heavy atom. The fraction of sp³-hybridized carbons (Fsp3) is 0.455. The van der Waals surface area contributed by atoms with Crippen LogP contribution in [0.25, 0.3) is 0 Å². The van der Waals surface area contributed by atoms with Crippen LogP contribution in [0.5, 0.6) is 5.75 Å². The molecular formula is C22H27BrN4O3. The number of ether oxygens (including phenoxy) is 1. The number of carbonyl (C=O) groups excluding carboxylic acids is 1. The van der Waals surface area contributed by atoms with Gasteiger partial charge in [-0.05, 0) is 71.7 Å². The average Bonchev–Trinajstić information content (AvgIpc) is 2.74. The number of aliphatic hydroxyl groups is 1. The van der Waals surface area contributed by atoms with Crippen LogP contribution >= 0.6 is 15.9 Å². The minimum absolute atomic E-state index is 0.0493. The van der Waals surface area contributed by atoms with Crippen molar-refractivity contribution >= 4 is 27.6 Å². The van der Waals surface area contributed by atoms with E-state index in [1.54, 1.807) is 13.3 Å². The molecule has 7 nitrogen and oxygen atoms in total. The number of methoxy groups -OCH3 is 1. The molecule has 2 aliphatic rings. The number of urea groups is 1. The first-order valence-electron chi connectivity index (χ1n) is 10.3. The molecule has 2 saturated heterocycles. The van der Waals surface area contributed by atoms with Gasteiger partial charge in [0.2, 0.25) is 0 Å². The van der Waals surface area contributed by atoms with Gasteiger partial charge in [-0.3, -0.25) is 9.88 Å². The van der Waals surface area contributed by atoms with Gasteiger partial charge in [0, 0.05) is 53.1 Å². The first-order valence-corrected chi connectivity index (χ1v) is 11.1.